The molecule has 0 saturated carbocycles. The van der Waals surface area contributed by atoms with E-state index in [4.69, 9.17) is 0 Å². The third-order valence-corrected chi connectivity index (χ3v) is 4.91. The fourth-order valence-corrected chi connectivity index (χ4v) is 3.12. The average Bonchev–Trinajstić information content (AvgIpc) is 2.58. The number of unbranched alkanes of at least 4 members (excludes halogenated alkanes) is 4. The van der Waals surface area contributed by atoms with E-state index in [-0.39, 0.29) is 11.8 Å². The molecular formula is C24H49N3O2. The Hall–Kier alpha value is -1.10. The second-order valence-corrected chi connectivity index (χ2v) is 10.7. The molecule has 0 rings (SSSR count). The molecule has 0 aromatic carbocycles. The van der Waals surface area contributed by atoms with Crippen molar-refractivity contribution in [2.75, 3.05) is 26.2 Å². The first-order valence-corrected chi connectivity index (χ1v) is 11.7. The van der Waals surface area contributed by atoms with Gasteiger partial charge in [-0.2, -0.15) is 0 Å². The third-order valence-electron chi connectivity index (χ3n) is 4.91. The summed E-state index contributed by atoms with van der Waals surface area (Å²) in [5.41, 5.74) is 0.777. The van der Waals surface area contributed by atoms with Crippen LogP contribution in [0.5, 0.6) is 0 Å². The van der Waals surface area contributed by atoms with Gasteiger partial charge in [-0.3, -0.25) is 9.59 Å². The van der Waals surface area contributed by atoms with Crippen LogP contribution in [0.2, 0.25) is 0 Å². The molecule has 0 aromatic heterocycles. The van der Waals surface area contributed by atoms with Gasteiger partial charge in [-0.15, -0.1) is 0 Å². The highest BCUT2D eigenvalue weighted by Gasteiger charge is 2.10. The number of amides is 2. The molecule has 0 aliphatic heterocycles. The number of rotatable bonds is 16. The SMILES string of the molecule is CC(C)(C)CCCCCC(=O)NCCNCCNC(=O)CCCCCC(C)(C)C. The number of hydrogen-bond acceptors (Lipinski definition) is 3. The topological polar surface area (TPSA) is 70.2 Å². The lowest BCUT2D eigenvalue weighted by atomic mass is 9.89. The van der Waals surface area contributed by atoms with E-state index in [1.54, 1.807) is 0 Å². The standard InChI is InChI=1S/C24H49N3O2/c1-23(2,3)15-11-7-9-13-21(28)26-19-17-25-18-20-27-22(29)14-10-8-12-16-24(4,5)6/h25H,7-20H2,1-6H3,(H,26,28)(H,27,29). The zero-order valence-corrected chi connectivity index (χ0v) is 20.2. The van der Waals surface area contributed by atoms with Crippen molar-refractivity contribution in [1.29, 1.82) is 0 Å². The lowest BCUT2D eigenvalue weighted by Crippen LogP contribution is -2.36. The molecule has 2 amide bonds. The predicted molar refractivity (Wildman–Crippen MR) is 124 cm³/mol. The Bertz CT molecular complexity index is 396. The molecule has 0 aromatic rings. The van der Waals surface area contributed by atoms with Crippen molar-refractivity contribution < 1.29 is 9.59 Å². The highest BCUT2D eigenvalue weighted by Crippen LogP contribution is 2.23. The molecule has 0 heterocycles. The Morgan fingerprint density at radius 2 is 0.931 bits per heavy atom. The van der Waals surface area contributed by atoms with Crippen LogP contribution in [0.3, 0.4) is 0 Å². The number of hydrogen-bond donors (Lipinski definition) is 3. The normalized spacial score (nSPS) is 12.1. The van der Waals surface area contributed by atoms with Gasteiger partial charge in [0, 0.05) is 39.0 Å². The fourth-order valence-electron chi connectivity index (χ4n) is 3.12. The van der Waals surface area contributed by atoms with E-state index in [9.17, 15) is 9.59 Å². The maximum Gasteiger partial charge on any atom is 0.220 e. The fraction of sp³-hybridized carbons (Fsp3) is 0.917. The van der Waals surface area contributed by atoms with E-state index in [0.717, 1.165) is 38.8 Å². The predicted octanol–water partition coefficient (Wildman–Crippen LogP) is 4.80. The Morgan fingerprint density at radius 1 is 0.552 bits per heavy atom. The summed E-state index contributed by atoms with van der Waals surface area (Å²) in [5.74, 6) is 0.282. The third kappa shape index (κ3) is 23.0. The van der Waals surface area contributed by atoms with Gasteiger partial charge in [0.2, 0.25) is 11.8 Å². The van der Waals surface area contributed by atoms with Crippen molar-refractivity contribution >= 4 is 11.8 Å². The van der Waals surface area contributed by atoms with E-state index in [1.165, 1.54) is 25.7 Å². The highest BCUT2D eigenvalue weighted by molar-refractivity contribution is 5.76. The van der Waals surface area contributed by atoms with Gasteiger partial charge in [0.15, 0.2) is 0 Å². The van der Waals surface area contributed by atoms with Crippen molar-refractivity contribution in [2.24, 2.45) is 10.8 Å². The molecule has 0 spiro atoms. The van der Waals surface area contributed by atoms with Crippen LogP contribution in [0.4, 0.5) is 0 Å². The average molecular weight is 412 g/mol. The van der Waals surface area contributed by atoms with Gasteiger partial charge in [-0.1, -0.05) is 67.2 Å². The summed E-state index contributed by atoms with van der Waals surface area (Å²) < 4.78 is 0. The molecule has 29 heavy (non-hydrogen) atoms. The first-order valence-electron chi connectivity index (χ1n) is 11.7. The second kappa shape index (κ2) is 15.7. The molecule has 3 N–H and O–H groups in total. The number of carbonyl (C=O) groups excluding carboxylic acids is 2. The Morgan fingerprint density at radius 3 is 1.28 bits per heavy atom. The molecule has 5 heteroatoms. The minimum atomic E-state index is 0.141. The van der Waals surface area contributed by atoms with Crippen molar-refractivity contribution in [1.82, 2.24) is 16.0 Å². The van der Waals surface area contributed by atoms with Crippen LogP contribution in [0.15, 0.2) is 0 Å². The van der Waals surface area contributed by atoms with Crippen molar-refractivity contribution in [3.63, 3.8) is 0 Å². The largest absolute Gasteiger partial charge is 0.355 e. The minimum Gasteiger partial charge on any atom is -0.355 e. The van der Waals surface area contributed by atoms with Crippen molar-refractivity contribution in [2.45, 2.75) is 106 Å². The van der Waals surface area contributed by atoms with Crippen LogP contribution >= 0.6 is 0 Å². The Labute approximate surface area is 180 Å². The first kappa shape index (κ1) is 27.9. The van der Waals surface area contributed by atoms with Crippen LogP contribution in [0, 0.1) is 10.8 Å². The zero-order valence-electron chi connectivity index (χ0n) is 20.2. The van der Waals surface area contributed by atoms with Crippen LogP contribution in [0.25, 0.3) is 0 Å². The summed E-state index contributed by atoms with van der Waals surface area (Å²) in [5, 5.41) is 9.15. The monoisotopic (exact) mass is 411 g/mol. The molecule has 172 valence electrons. The summed E-state index contributed by atoms with van der Waals surface area (Å²) in [6, 6.07) is 0. The summed E-state index contributed by atoms with van der Waals surface area (Å²) in [6.07, 6.45) is 10.3. The molecule has 0 aliphatic carbocycles. The minimum absolute atomic E-state index is 0.141. The van der Waals surface area contributed by atoms with Gasteiger partial charge in [-0.25, -0.2) is 0 Å². The molecule has 0 saturated heterocycles. The van der Waals surface area contributed by atoms with E-state index in [0.29, 0.717) is 36.8 Å². The van der Waals surface area contributed by atoms with Crippen molar-refractivity contribution in [3.05, 3.63) is 0 Å². The van der Waals surface area contributed by atoms with Crippen LogP contribution in [0.1, 0.15) is 106 Å². The van der Waals surface area contributed by atoms with Gasteiger partial charge >= 0.3 is 0 Å². The van der Waals surface area contributed by atoms with Crippen LogP contribution in [-0.4, -0.2) is 38.0 Å². The van der Waals surface area contributed by atoms with Crippen LogP contribution in [-0.2, 0) is 9.59 Å². The maximum atomic E-state index is 11.8. The molecular weight excluding hydrogens is 362 g/mol. The molecule has 0 bridgehead atoms. The highest BCUT2D eigenvalue weighted by atomic mass is 16.2. The lowest BCUT2D eigenvalue weighted by Gasteiger charge is -2.17. The van der Waals surface area contributed by atoms with Crippen LogP contribution < -0.4 is 16.0 Å². The van der Waals surface area contributed by atoms with E-state index >= 15 is 0 Å². The molecule has 0 aliphatic rings. The molecule has 0 unspecified atom stereocenters. The molecule has 0 fully saturated rings. The summed E-state index contributed by atoms with van der Waals surface area (Å²) in [4.78, 5) is 23.6. The first-order chi connectivity index (χ1) is 13.5. The van der Waals surface area contributed by atoms with E-state index < -0.39 is 0 Å². The smallest absolute Gasteiger partial charge is 0.220 e. The molecule has 0 radical (unpaired) electrons. The number of carbonyl (C=O) groups is 2. The summed E-state index contributed by atoms with van der Waals surface area (Å²) in [7, 11) is 0. The van der Waals surface area contributed by atoms with E-state index in [1.807, 2.05) is 0 Å². The molecule has 5 nitrogen and oxygen atoms in total. The van der Waals surface area contributed by atoms with Gasteiger partial charge in [0.25, 0.3) is 0 Å². The van der Waals surface area contributed by atoms with E-state index in [2.05, 4.69) is 57.5 Å². The maximum absolute atomic E-state index is 11.8. The van der Waals surface area contributed by atoms with Gasteiger partial charge in [-0.05, 0) is 36.5 Å². The Kier molecular flexibility index (Phi) is 15.1. The zero-order chi connectivity index (χ0) is 22.2. The quantitative estimate of drug-likeness (QED) is 0.319. The van der Waals surface area contributed by atoms with Crippen molar-refractivity contribution in [3.8, 4) is 0 Å². The Balaban J connectivity index is 3.39. The molecule has 0 atom stereocenters. The summed E-state index contributed by atoms with van der Waals surface area (Å²) >= 11 is 0. The van der Waals surface area contributed by atoms with Gasteiger partial charge < -0.3 is 16.0 Å². The second-order valence-electron chi connectivity index (χ2n) is 10.7. The van der Waals surface area contributed by atoms with Gasteiger partial charge in [0.1, 0.15) is 0 Å². The van der Waals surface area contributed by atoms with Gasteiger partial charge in [0.05, 0.1) is 0 Å². The lowest BCUT2D eigenvalue weighted by molar-refractivity contribution is -0.121. The number of nitrogens with one attached hydrogen (secondary N) is 3. The summed E-state index contributed by atoms with van der Waals surface area (Å²) in [6.45, 7) is 16.3.